The van der Waals surface area contributed by atoms with Crippen LogP contribution in [0, 0.1) is 0 Å². The summed E-state index contributed by atoms with van der Waals surface area (Å²) in [5, 5.41) is 14.7. The van der Waals surface area contributed by atoms with Crippen LogP contribution in [0.1, 0.15) is 10.4 Å². The molecule has 0 aliphatic carbocycles. The Kier molecular flexibility index (Phi) is 6.92. The highest BCUT2D eigenvalue weighted by molar-refractivity contribution is 5.95. The van der Waals surface area contributed by atoms with Crippen LogP contribution in [0.2, 0.25) is 0 Å². The zero-order valence-corrected chi connectivity index (χ0v) is 21.7. The molecule has 39 heavy (non-hydrogen) atoms. The largest absolute Gasteiger partial charge is 0.497 e. The van der Waals surface area contributed by atoms with Gasteiger partial charge in [0.25, 0.3) is 5.91 Å². The number of nitrogens with zero attached hydrogens (tertiary/aromatic N) is 6. The summed E-state index contributed by atoms with van der Waals surface area (Å²) < 4.78 is 7.16. The number of aromatic nitrogens is 4. The zero-order valence-electron chi connectivity index (χ0n) is 21.7. The Labute approximate surface area is 226 Å². The molecule has 0 atom stereocenters. The fraction of sp³-hybridized carbons (Fsp3) is 0.241. The van der Waals surface area contributed by atoms with Gasteiger partial charge in [0, 0.05) is 56.2 Å². The lowest BCUT2D eigenvalue weighted by atomic mass is 10.2. The van der Waals surface area contributed by atoms with Crippen molar-refractivity contribution < 1.29 is 9.53 Å². The summed E-state index contributed by atoms with van der Waals surface area (Å²) in [5.74, 6) is 1.35. The summed E-state index contributed by atoms with van der Waals surface area (Å²) in [5.41, 5.74) is 4.92. The monoisotopic (exact) mass is 522 g/mol. The number of nitrogens with one attached hydrogen (secondary N) is 2. The van der Waals surface area contributed by atoms with E-state index in [1.54, 1.807) is 13.4 Å². The van der Waals surface area contributed by atoms with Gasteiger partial charge >= 0.3 is 0 Å². The number of hydrogen-bond acceptors (Lipinski definition) is 8. The number of anilines is 3. The summed E-state index contributed by atoms with van der Waals surface area (Å²) in [6.45, 7) is 5.22. The van der Waals surface area contributed by atoms with Gasteiger partial charge in [0.2, 0.25) is 5.65 Å². The Morgan fingerprint density at radius 1 is 0.974 bits per heavy atom. The molecule has 1 fully saturated rings. The number of para-hydroxylation sites is 2. The lowest BCUT2D eigenvalue weighted by molar-refractivity contribution is 0.0948. The molecule has 0 saturated carbocycles. The second kappa shape index (κ2) is 11.0. The molecule has 5 aromatic rings. The van der Waals surface area contributed by atoms with Crippen molar-refractivity contribution in [3.63, 3.8) is 0 Å². The van der Waals surface area contributed by atoms with Crippen LogP contribution >= 0.6 is 0 Å². The third-order valence-corrected chi connectivity index (χ3v) is 7.04. The van der Waals surface area contributed by atoms with Crippen molar-refractivity contribution in [1.82, 2.24) is 29.8 Å². The number of piperazine rings is 1. The van der Waals surface area contributed by atoms with E-state index in [-0.39, 0.29) is 5.91 Å². The molecule has 2 aromatic heterocycles. The number of benzene rings is 3. The van der Waals surface area contributed by atoms with Crippen LogP contribution < -0.4 is 20.3 Å². The zero-order chi connectivity index (χ0) is 26.6. The van der Waals surface area contributed by atoms with Crippen LogP contribution in [0.5, 0.6) is 5.75 Å². The van der Waals surface area contributed by atoms with Crippen LogP contribution in [0.25, 0.3) is 16.7 Å². The van der Waals surface area contributed by atoms with E-state index in [9.17, 15) is 4.79 Å². The molecule has 10 heteroatoms. The second-order valence-corrected chi connectivity index (χ2v) is 9.46. The van der Waals surface area contributed by atoms with Gasteiger partial charge in [-0.1, -0.05) is 18.2 Å². The van der Waals surface area contributed by atoms with Crippen molar-refractivity contribution in [3.05, 3.63) is 84.7 Å². The molecule has 1 aliphatic heterocycles. The summed E-state index contributed by atoms with van der Waals surface area (Å²) in [7, 11) is 1.68. The molecule has 2 N–H and O–H groups in total. The highest BCUT2D eigenvalue weighted by atomic mass is 16.5. The van der Waals surface area contributed by atoms with Crippen molar-refractivity contribution in [3.8, 4) is 5.75 Å². The average molecular weight is 523 g/mol. The minimum Gasteiger partial charge on any atom is -0.497 e. The maximum Gasteiger partial charge on any atom is 0.251 e. The van der Waals surface area contributed by atoms with Gasteiger partial charge < -0.3 is 20.3 Å². The molecule has 0 spiro atoms. The van der Waals surface area contributed by atoms with Crippen LogP contribution in [-0.4, -0.2) is 76.8 Å². The smallest absolute Gasteiger partial charge is 0.251 e. The molecule has 0 bridgehead atoms. The Morgan fingerprint density at radius 2 is 1.79 bits per heavy atom. The van der Waals surface area contributed by atoms with E-state index in [0.29, 0.717) is 23.6 Å². The average Bonchev–Trinajstić information content (AvgIpc) is 3.49. The number of fused-ring (bicyclic) bond motifs is 3. The van der Waals surface area contributed by atoms with Crippen LogP contribution in [-0.2, 0) is 0 Å². The van der Waals surface area contributed by atoms with E-state index in [1.807, 2.05) is 65.1 Å². The first kappa shape index (κ1) is 24.6. The first-order valence-corrected chi connectivity index (χ1v) is 13.0. The number of carbonyl (C=O) groups is 1. The van der Waals surface area contributed by atoms with Crippen LogP contribution in [0.3, 0.4) is 0 Å². The molecule has 3 heterocycles. The Hall–Kier alpha value is -4.70. The lowest BCUT2D eigenvalue weighted by Gasteiger charge is -2.36. The maximum atomic E-state index is 12.9. The van der Waals surface area contributed by atoms with Crippen molar-refractivity contribution in [2.24, 2.45) is 0 Å². The van der Waals surface area contributed by atoms with Gasteiger partial charge in [-0.3, -0.25) is 14.1 Å². The van der Waals surface area contributed by atoms with E-state index in [0.717, 1.165) is 55.2 Å². The maximum absolute atomic E-state index is 12.9. The number of methoxy groups -OCH3 is 1. The van der Waals surface area contributed by atoms with Crippen LogP contribution in [0.15, 0.2) is 79.1 Å². The molecule has 0 radical (unpaired) electrons. The van der Waals surface area contributed by atoms with Crippen molar-refractivity contribution in [2.45, 2.75) is 0 Å². The quantitative estimate of drug-likeness (QED) is 0.319. The topological polar surface area (TPSA) is 99.9 Å². The SMILES string of the molecule is COc1ccc(N2CCN(CCNC(=O)c3cccc(Nc4nc5ccccc5n5cnnc45)c3)CC2)cc1. The molecule has 198 valence electrons. The van der Waals surface area contributed by atoms with Gasteiger partial charge in [0.1, 0.15) is 12.1 Å². The molecule has 10 nitrogen and oxygen atoms in total. The van der Waals surface area contributed by atoms with E-state index >= 15 is 0 Å². The van der Waals surface area contributed by atoms with Gasteiger partial charge in [0.15, 0.2) is 5.82 Å². The third-order valence-electron chi connectivity index (χ3n) is 7.04. The Morgan fingerprint density at radius 3 is 2.62 bits per heavy atom. The lowest BCUT2D eigenvalue weighted by Crippen LogP contribution is -2.48. The second-order valence-electron chi connectivity index (χ2n) is 9.46. The first-order valence-electron chi connectivity index (χ1n) is 13.0. The first-order chi connectivity index (χ1) is 19.2. The number of ether oxygens (including phenoxy) is 1. The fourth-order valence-corrected chi connectivity index (χ4v) is 4.92. The molecule has 1 aliphatic rings. The van der Waals surface area contributed by atoms with Crippen molar-refractivity contribution in [1.29, 1.82) is 0 Å². The number of rotatable bonds is 8. The Bertz CT molecular complexity index is 1590. The molecular weight excluding hydrogens is 492 g/mol. The van der Waals surface area contributed by atoms with Gasteiger partial charge in [-0.2, -0.15) is 0 Å². The minimum atomic E-state index is -0.102. The van der Waals surface area contributed by atoms with Crippen molar-refractivity contribution in [2.75, 3.05) is 56.6 Å². The predicted octanol–water partition coefficient (Wildman–Crippen LogP) is 3.58. The Balaban J connectivity index is 1.03. The van der Waals surface area contributed by atoms with Gasteiger partial charge in [-0.05, 0) is 54.6 Å². The summed E-state index contributed by atoms with van der Waals surface area (Å²) in [6, 6.07) is 23.4. The number of amides is 1. The van der Waals surface area contributed by atoms with E-state index in [4.69, 9.17) is 9.72 Å². The standard InChI is InChI=1S/C29H30N8O2/c1-39-24-11-9-23(10-12-24)36-17-15-35(16-18-36)14-13-30-29(38)21-5-4-6-22(19-21)32-27-28-34-31-20-37(28)26-8-3-2-7-25(26)33-27/h2-12,19-20H,13-18H2,1H3,(H,30,38)(H,32,33). The minimum absolute atomic E-state index is 0.102. The molecule has 0 unspecified atom stereocenters. The van der Waals surface area contributed by atoms with Gasteiger partial charge in [-0.25, -0.2) is 4.98 Å². The van der Waals surface area contributed by atoms with Crippen LogP contribution in [0.4, 0.5) is 17.2 Å². The number of carbonyl (C=O) groups excluding carboxylic acids is 1. The summed E-state index contributed by atoms with van der Waals surface area (Å²) in [4.78, 5) is 22.4. The van der Waals surface area contributed by atoms with E-state index < -0.39 is 0 Å². The van der Waals surface area contributed by atoms with E-state index in [1.165, 1.54) is 5.69 Å². The van der Waals surface area contributed by atoms with E-state index in [2.05, 4.69) is 42.8 Å². The normalized spacial score (nSPS) is 14.0. The van der Waals surface area contributed by atoms with Gasteiger partial charge in [0.05, 0.1) is 18.1 Å². The van der Waals surface area contributed by atoms with Crippen molar-refractivity contribution >= 4 is 39.8 Å². The number of hydrogen-bond donors (Lipinski definition) is 2. The highest BCUT2D eigenvalue weighted by Gasteiger charge is 2.17. The molecular formula is C29H30N8O2. The molecule has 3 aromatic carbocycles. The molecule has 1 saturated heterocycles. The molecule has 6 rings (SSSR count). The van der Waals surface area contributed by atoms with Gasteiger partial charge in [-0.15, -0.1) is 10.2 Å². The molecule has 1 amide bonds. The predicted molar refractivity (Wildman–Crippen MR) is 152 cm³/mol. The summed E-state index contributed by atoms with van der Waals surface area (Å²) in [6.07, 6.45) is 1.67. The third kappa shape index (κ3) is 5.32. The highest BCUT2D eigenvalue weighted by Crippen LogP contribution is 2.24. The summed E-state index contributed by atoms with van der Waals surface area (Å²) >= 11 is 0. The fourth-order valence-electron chi connectivity index (χ4n) is 4.92.